The van der Waals surface area contributed by atoms with Gasteiger partial charge in [-0.15, -0.1) is 0 Å². The molecule has 0 aliphatic carbocycles. The Morgan fingerprint density at radius 2 is 2.06 bits per heavy atom. The molecule has 1 aromatic carbocycles. The fourth-order valence-electron chi connectivity index (χ4n) is 1.74. The normalized spacial score (nSPS) is 10.1. The zero-order valence-electron chi connectivity index (χ0n) is 9.54. The van der Waals surface area contributed by atoms with Crippen molar-refractivity contribution in [1.29, 1.82) is 5.26 Å². The molecule has 0 aliphatic rings. The molecule has 0 fully saturated rings. The van der Waals surface area contributed by atoms with Gasteiger partial charge in [-0.25, -0.2) is 9.37 Å². The Bertz CT molecular complexity index is 662. The topological polar surface area (TPSA) is 62.7 Å². The van der Waals surface area contributed by atoms with Crippen LogP contribution in [0.15, 0.2) is 28.7 Å². The third-order valence-electron chi connectivity index (χ3n) is 2.51. The van der Waals surface area contributed by atoms with E-state index in [9.17, 15) is 4.39 Å². The number of aromatic nitrogens is 1. The maximum atomic E-state index is 13.9. The Kier molecular flexibility index (Phi) is 3.30. The average molecular weight is 306 g/mol. The molecule has 1 heterocycles. The van der Waals surface area contributed by atoms with Crippen LogP contribution >= 0.6 is 15.9 Å². The number of hydrogen-bond acceptors (Lipinski definition) is 3. The first kappa shape index (κ1) is 12.5. The molecule has 0 saturated carbocycles. The summed E-state index contributed by atoms with van der Waals surface area (Å²) in [6.07, 6.45) is 0. The molecule has 0 saturated heterocycles. The Labute approximate surface area is 112 Å². The molecule has 0 aliphatic heterocycles. The number of nitrogens with zero attached hydrogens (tertiary/aromatic N) is 2. The second-order valence-electron chi connectivity index (χ2n) is 3.81. The van der Waals surface area contributed by atoms with E-state index in [-0.39, 0.29) is 11.4 Å². The van der Waals surface area contributed by atoms with Gasteiger partial charge in [-0.3, -0.25) is 0 Å². The van der Waals surface area contributed by atoms with Crippen molar-refractivity contribution in [2.75, 3.05) is 5.73 Å². The second kappa shape index (κ2) is 4.75. The first-order chi connectivity index (χ1) is 8.52. The molecule has 18 heavy (non-hydrogen) atoms. The molecule has 0 bridgehead atoms. The van der Waals surface area contributed by atoms with Crippen LogP contribution < -0.4 is 5.73 Å². The number of rotatable bonds is 1. The van der Waals surface area contributed by atoms with Crippen LogP contribution in [0.3, 0.4) is 0 Å². The Morgan fingerprint density at radius 3 is 2.67 bits per heavy atom. The van der Waals surface area contributed by atoms with Crippen molar-refractivity contribution in [3.63, 3.8) is 0 Å². The van der Waals surface area contributed by atoms with Gasteiger partial charge < -0.3 is 5.73 Å². The maximum absolute atomic E-state index is 13.9. The smallest absolute Gasteiger partial charge is 0.142 e. The van der Waals surface area contributed by atoms with Crippen LogP contribution in [-0.4, -0.2) is 4.98 Å². The minimum Gasteiger partial charge on any atom is -0.383 e. The van der Waals surface area contributed by atoms with Gasteiger partial charge in [0.25, 0.3) is 0 Å². The molecule has 2 N–H and O–H groups in total. The Hall–Kier alpha value is -1.93. The molecule has 2 rings (SSSR count). The van der Waals surface area contributed by atoms with Crippen molar-refractivity contribution in [3.05, 3.63) is 45.8 Å². The molecule has 90 valence electrons. The van der Waals surface area contributed by atoms with Gasteiger partial charge in [0.1, 0.15) is 23.3 Å². The highest BCUT2D eigenvalue weighted by Crippen LogP contribution is 2.30. The van der Waals surface area contributed by atoms with Crippen LogP contribution in [0.2, 0.25) is 0 Å². The van der Waals surface area contributed by atoms with Gasteiger partial charge in [0.2, 0.25) is 0 Å². The molecule has 1 aromatic heterocycles. The number of nitrogen functional groups attached to an aromatic ring is 1. The van der Waals surface area contributed by atoms with E-state index in [2.05, 4.69) is 20.9 Å². The molecule has 0 atom stereocenters. The summed E-state index contributed by atoms with van der Waals surface area (Å²) >= 11 is 3.19. The van der Waals surface area contributed by atoms with Crippen LogP contribution in [0.5, 0.6) is 0 Å². The predicted octanol–water partition coefficient (Wildman–Crippen LogP) is 3.41. The van der Waals surface area contributed by atoms with Crippen LogP contribution in [0.1, 0.15) is 11.3 Å². The molecular weight excluding hydrogens is 297 g/mol. The van der Waals surface area contributed by atoms with Crippen LogP contribution in [-0.2, 0) is 0 Å². The van der Waals surface area contributed by atoms with Crippen LogP contribution in [0.25, 0.3) is 11.1 Å². The van der Waals surface area contributed by atoms with E-state index in [1.54, 1.807) is 25.1 Å². The number of halogens is 2. The van der Waals surface area contributed by atoms with Gasteiger partial charge in [0, 0.05) is 21.3 Å². The largest absolute Gasteiger partial charge is 0.383 e. The monoisotopic (exact) mass is 305 g/mol. The number of aryl methyl sites for hydroxylation is 1. The summed E-state index contributed by atoms with van der Waals surface area (Å²) < 4.78 is 14.6. The summed E-state index contributed by atoms with van der Waals surface area (Å²) in [5, 5.41) is 9.10. The predicted molar refractivity (Wildman–Crippen MR) is 71.2 cm³/mol. The van der Waals surface area contributed by atoms with Gasteiger partial charge in [0.15, 0.2) is 0 Å². The van der Waals surface area contributed by atoms with Crippen molar-refractivity contribution in [1.82, 2.24) is 4.98 Å². The highest BCUT2D eigenvalue weighted by molar-refractivity contribution is 9.10. The third kappa shape index (κ3) is 2.20. The maximum Gasteiger partial charge on any atom is 0.142 e. The zero-order valence-corrected chi connectivity index (χ0v) is 11.1. The summed E-state index contributed by atoms with van der Waals surface area (Å²) in [5.74, 6) is -0.291. The van der Waals surface area contributed by atoms with Crippen molar-refractivity contribution in [2.45, 2.75) is 6.92 Å². The van der Waals surface area contributed by atoms with Crippen LogP contribution in [0, 0.1) is 24.1 Å². The summed E-state index contributed by atoms with van der Waals surface area (Å²) in [5.41, 5.74) is 7.33. The number of nitriles is 1. The summed E-state index contributed by atoms with van der Waals surface area (Å²) in [6.45, 7) is 1.75. The minimum atomic E-state index is -0.411. The van der Waals surface area contributed by atoms with Crippen molar-refractivity contribution in [3.8, 4) is 17.2 Å². The molecular formula is C13H9BrFN3. The first-order valence-corrected chi connectivity index (χ1v) is 5.95. The number of anilines is 1. The van der Waals surface area contributed by atoms with Gasteiger partial charge in [0.05, 0.1) is 0 Å². The number of hydrogen-bond donors (Lipinski definition) is 1. The minimum absolute atomic E-state index is 0.120. The van der Waals surface area contributed by atoms with Gasteiger partial charge in [-0.2, -0.15) is 5.26 Å². The molecule has 0 unspecified atom stereocenters. The SMILES string of the molecule is Cc1cc(-c2ccc(Br)cc2F)c(C#N)c(N)n1. The number of benzene rings is 1. The molecule has 5 heteroatoms. The average Bonchev–Trinajstić information content (AvgIpc) is 2.28. The second-order valence-corrected chi connectivity index (χ2v) is 4.72. The third-order valence-corrected chi connectivity index (χ3v) is 3.00. The summed E-state index contributed by atoms with van der Waals surface area (Å²) in [7, 11) is 0. The Balaban J connectivity index is 2.75. The number of nitrogens with two attached hydrogens (primary N) is 1. The van der Waals surface area contributed by atoms with Crippen molar-refractivity contribution >= 4 is 21.7 Å². The van der Waals surface area contributed by atoms with Crippen molar-refractivity contribution in [2.24, 2.45) is 0 Å². The zero-order chi connectivity index (χ0) is 13.3. The molecule has 3 nitrogen and oxygen atoms in total. The fraction of sp³-hybridized carbons (Fsp3) is 0.0769. The molecule has 2 aromatic rings. The quantitative estimate of drug-likeness (QED) is 0.878. The van der Waals surface area contributed by atoms with E-state index >= 15 is 0 Å². The van der Waals surface area contributed by atoms with E-state index in [0.717, 1.165) is 0 Å². The van der Waals surface area contributed by atoms with E-state index in [1.807, 2.05) is 6.07 Å². The lowest BCUT2D eigenvalue weighted by Crippen LogP contribution is -2.00. The van der Waals surface area contributed by atoms with Gasteiger partial charge in [-0.1, -0.05) is 22.0 Å². The standard InChI is InChI=1S/C13H9BrFN3/c1-7-4-10(11(6-16)13(17)18-7)9-3-2-8(14)5-12(9)15/h2-5H,1H3,(H2,17,18). The van der Waals surface area contributed by atoms with Gasteiger partial charge in [-0.05, 0) is 25.1 Å². The summed E-state index contributed by atoms with van der Waals surface area (Å²) in [4.78, 5) is 4.00. The van der Waals surface area contributed by atoms with Crippen molar-refractivity contribution < 1.29 is 4.39 Å². The highest BCUT2D eigenvalue weighted by Gasteiger charge is 2.14. The summed E-state index contributed by atoms with van der Waals surface area (Å²) in [6, 6.07) is 8.29. The first-order valence-electron chi connectivity index (χ1n) is 5.15. The van der Waals surface area contributed by atoms with E-state index in [4.69, 9.17) is 11.0 Å². The highest BCUT2D eigenvalue weighted by atomic mass is 79.9. The van der Waals surface area contributed by atoms with E-state index in [1.165, 1.54) is 6.07 Å². The van der Waals surface area contributed by atoms with Gasteiger partial charge >= 0.3 is 0 Å². The molecule has 0 spiro atoms. The van der Waals surface area contributed by atoms with Crippen LogP contribution in [0.4, 0.5) is 10.2 Å². The Morgan fingerprint density at radius 1 is 1.33 bits per heavy atom. The lowest BCUT2D eigenvalue weighted by Gasteiger charge is -2.09. The number of pyridine rings is 1. The fourth-order valence-corrected chi connectivity index (χ4v) is 2.07. The molecule has 0 radical (unpaired) electrons. The van der Waals surface area contributed by atoms with E-state index < -0.39 is 5.82 Å². The molecule has 0 amide bonds. The lowest BCUT2D eigenvalue weighted by molar-refractivity contribution is 0.630. The van der Waals surface area contributed by atoms with E-state index in [0.29, 0.717) is 21.3 Å². The lowest BCUT2D eigenvalue weighted by atomic mass is 10.00.